The monoisotopic (exact) mass is 300 g/mol. The molecule has 1 aliphatic rings. The zero-order chi connectivity index (χ0) is 15.3. The van der Waals surface area contributed by atoms with E-state index in [1.807, 2.05) is 34.6 Å². The van der Waals surface area contributed by atoms with Gasteiger partial charge >= 0.3 is 7.12 Å². The number of benzene rings is 1. The molecule has 1 aliphatic heterocycles. The molecule has 1 saturated heterocycles. The van der Waals surface area contributed by atoms with Crippen molar-refractivity contribution in [3.05, 3.63) is 22.5 Å². The maximum atomic E-state index is 14.1. The van der Waals surface area contributed by atoms with Gasteiger partial charge in [-0.05, 0) is 46.2 Å². The molecule has 1 aromatic rings. The second-order valence-electron chi connectivity index (χ2n) is 6.02. The Morgan fingerprint density at radius 1 is 1.20 bits per heavy atom. The Kier molecular flexibility index (Phi) is 3.82. The van der Waals surface area contributed by atoms with Gasteiger partial charge in [-0.1, -0.05) is 11.6 Å². The van der Waals surface area contributed by atoms with E-state index in [-0.39, 0.29) is 10.8 Å². The van der Waals surface area contributed by atoms with E-state index in [0.717, 1.165) is 5.56 Å². The lowest BCUT2D eigenvalue weighted by Gasteiger charge is -2.32. The molecule has 6 heteroatoms. The van der Waals surface area contributed by atoms with Crippen molar-refractivity contribution in [2.24, 2.45) is 0 Å². The Hall–Kier alpha value is -0.775. The normalized spacial score (nSPS) is 20.3. The molecule has 0 aliphatic carbocycles. The number of rotatable bonds is 2. The molecule has 20 heavy (non-hydrogen) atoms. The average Bonchev–Trinajstić information content (AvgIpc) is 2.52. The average molecular weight is 301 g/mol. The summed E-state index contributed by atoms with van der Waals surface area (Å²) in [6, 6.07) is 1.56. The molecule has 0 radical (unpaired) electrons. The van der Waals surface area contributed by atoms with Gasteiger partial charge in [0.2, 0.25) is 0 Å². The third-order valence-corrected chi connectivity index (χ3v) is 4.39. The Morgan fingerprint density at radius 3 is 2.15 bits per heavy atom. The lowest BCUT2D eigenvalue weighted by Crippen LogP contribution is -2.41. The van der Waals surface area contributed by atoms with Crippen LogP contribution in [-0.2, 0) is 9.31 Å². The number of aryl methyl sites for hydroxylation is 1. The summed E-state index contributed by atoms with van der Waals surface area (Å²) in [5.74, 6) is -0.516. The Bertz CT molecular complexity index is 530. The number of hydrogen-bond donors (Lipinski definition) is 0. The maximum absolute atomic E-state index is 14.1. The summed E-state index contributed by atoms with van der Waals surface area (Å²) in [5, 5.41) is 0.0274. The second kappa shape index (κ2) is 4.90. The first-order valence-electron chi connectivity index (χ1n) is 6.49. The highest BCUT2D eigenvalue weighted by Gasteiger charge is 2.53. The summed E-state index contributed by atoms with van der Waals surface area (Å²) in [6.07, 6.45) is 0. The van der Waals surface area contributed by atoms with Crippen molar-refractivity contribution in [1.82, 2.24) is 0 Å². The van der Waals surface area contributed by atoms with Gasteiger partial charge < -0.3 is 14.0 Å². The molecular weight excluding hydrogens is 281 g/mol. The summed E-state index contributed by atoms with van der Waals surface area (Å²) in [5.41, 5.74) is 0.330. The summed E-state index contributed by atoms with van der Waals surface area (Å²) in [7, 11) is 0.727. The molecule has 2 rings (SSSR count). The van der Waals surface area contributed by atoms with Crippen molar-refractivity contribution in [2.45, 2.75) is 45.8 Å². The minimum Gasteiger partial charge on any atom is -0.494 e. The van der Waals surface area contributed by atoms with Crippen LogP contribution in [0.15, 0.2) is 6.07 Å². The summed E-state index contributed by atoms with van der Waals surface area (Å²) in [6.45, 7) is 9.61. The fourth-order valence-electron chi connectivity index (χ4n) is 2.19. The van der Waals surface area contributed by atoms with Crippen LogP contribution in [0.3, 0.4) is 0 Å². The van der Waals surface area contributed by atoms with Gasteiger partial charge in [0.25, 0.3) is 0 Å². The fraction of sp³-hybridized carbons (Fsp3) is 0.571. The lowest BCUT2D eigenvalue weighted by molar-refractivity contribution is 0.00578. The van der Waals surface area contributed by atoms with E-state index in [0.29, 0.717) is 5.46 Å². The van der Waals surface area contributed by atoms with Crippen molar-refractivity contribution >= 4 is 24.2 Å². The van der Waals surface area contributed by atoms with Gasteiger partial charge in [-0.2, -0.15) is 0 Å². The molecule has 1 fully saturated rings. The van der Waals surface area contributed by atoms with Crippen molar-refractivity contribution < 1.29 is 18.4 Å². The fourth-order valence-corrected chi connectivity index (χ4v) is 2.44. The van der Waals surface area contributed by atoms with E-state index in [1.165, 1.54) is 7.11 Å². The minimum absolute atomic E-state index is 0.0274. The van der Waals surface area contributed by atoms with Gasteiger partial charge in [-0.15, -0.1) is 0 Å². The Morgan fingerprint density at radius 2 is 1.70 bits per heavy atom. The SMILES string of the molecule is COc1c(F)c(Cl)cc(C)c1B1OC(C)(C)C(C)(C)O1. The largest absolute Gasteiger partial charge is 0.499 e. The summed E-state index contributed by atoms with van der Waals surface area (Å²) < 4.78 is 31.2. The first-order valence-corrected chi connectivity index (χ1v) is 6.86. The topological polar surface area (TPSA) is 27.7 Å². The van der Waals surface area contributed by atoms with E-state index in [9.17, 15) is 4.39 Å². The van der Waals surface area contributed by atoms with E-state index in [2.05, 4.69) is 0 Å². The van der Waals surface area contributed by atoms with Crippen LogP contribution in [0.2, 0.25) is 5.02 Å². The van der Waals surface area contributed by atoms with Crippen molar-refractivity contribution in [3.63, 3.8) is 0 Å². The molecule has 0 saturated carbocycles. The highest BCUT2D eigenvalue weighted by atomic mass is 35.5. The molecule has 0 bridgehead atoms. The maximum Gasteiger partial charge on any atom is 0.499 e. The van der Waals surface area contributed by atoms with Crippen LogP contribution in [0.5, 0.6) is 5.75 Å². The molecule has 0 N–H and O–H groups in total. The van der Waals surface area contributed by atoms with Gasteiger partial charge in [-0.25, -0.2) is 4.39 Å². The Balaban J connectivity index is 2.53. The third kappa shape index (κ3) is 2.32. The van der Waals surface area contributed by atoms with Crippen LogP contribution < -0.4 is 10.2 Å². The predicted octanol–water partition coefficient (Wildman–Crippen LogP) is 3.10. The van der Waals surface area contributed by atoms with E-state index < -0.39 is 24.1 Å². The molecular formula is C14H19BClFO3. The Labute approximate surface area is 124 Å². The van der Waals surface area contributed by atoms with E-state index >= 15 is 0 Å². The van der Waals surface area contributed by atoms with E-state index in [1.54, 1.807) is 6.07 Å². The smallest absolute Gasteiger partial charge is 0.494 e. The highest BCUT2D eigenvalue weighted by molar-refractivity contribution is 6.63. The van der Waals surface area contributed by atoms with Crippen LogP contribution >= 0.6 is 11.6 Å². The van der Waals surface area contributed by atoms with Crippen LogP contribution in [-0.4, -0.2) is 25.4 Å². The first kappa shape index (κ1) is 15.6. The van der Waals surface area contributed by atoms with Gasteiger partial charge in [0.15, 0.2) is 11.6 Å². The number of ether oxygens (including phenoxy) is 1. The zero-order valence-electron chi connectivity index (χ0n) is 12.6. The molecule has 0 aromatic heterocycles. The van der Waals surface area contributed by atoms with Gasteiger partial charge in [0.1, 0.15) is 0 Å². The van der Waals surface area contributed by atoms with Crippen molar-refractivity contribution in [1.29, 1.82) is 0 Å². The molecule has 0 atom stereocenters. The highest BCUT2D eigenvalue weighted by Crippen LogP contribution is 2.38. The summed E-state index contributed by atoms with van der Waals surface area (Å²) >= 11 is 5.85. The first-order chi connectivity index (χ1) is 9.10. The molecule has 1 aromatic carbocycles. The molecule has 0 unspecified atom stereocenters. The predicted molar refractivity (Wildman–Crippen MR) is 78.4 cm³/mol. The number of methoxy groups -OCH3 is 1. The molecule has 0 spiro atoms. The molecule has 110 valence electrons. The van der Waals surface area contributed by atoms with Crippen molar-refractivity contribution in [2.75, 3.05) is 7.11 Å². The van der Waals surface area contributed by atoms with Crippen LogP contribution in [0.4, 0.5) is 4.39 Å². The van der Waals surface area contributed by atoms with Crippen molar-refractivity contribution in [3.8, 4) is 5.75 Å². The number of halogens is 2. The van der Waals surface area contributed by atoms with Crippen LogP contribution in [0.1, 0.15) is 33.3 Å². The zero-order valence-corrected chi connectivity index (χ0v) is 13.4. The molecule has 0 amide bonds. The minimum atomic E-state index is -0.679. The van der Waals surface area contributed by atoms with Crippen LogP contribution in [0.25, 0.3) is 0 Å². The van der Waals surface area contributed by atoms with Crippen LogP contribution in [0, 0.1) is 12.7 Å². The molecule has 3 nitrogen and oxygen atoms in total. The quantitative estimate of drug-likeness (QED) is 0.786. The van der Waals surface area contributed by atoms with Gasteiger partial charge in [-0.3, -0.25) is 0 Å². The van der Waals surface area contributed by atoms with E-state index in [4.69, 9.17) is 25.6 Å². The second-order valence-corrected chi connectivity index (χ2v) is 6.43. The third-order valence-electron chi connectivity index (χ3n) is 4.11. The van der Waals surface area contributed by atoms with Gasteiger partial charge in [0.05, 0.1) is 23.3 Å². The number of hydrogen-bond acceptors (Lipinski definition) is 3. The molecule has 1 heterocycles. The standard InChI is InChI=1S/C14H19BClFO3/c1-8-7-9(16)11(17)12(18-6)10(8)15-19-13(2,3)14(4,5)20-15/h7H,1-6H3. The summed E-state index contributed by atoms with van der Waals surface area (Å²) in [4.78, 5) is 0. The lowest BCUT2D eigenvalue weighted by atomic mass is 9.75. The van der Waals surface area contributed by atoms with Gasteiger partial charge in [0, 0.05) is 5.46 Å².